The Bertz CT molecular complexity index is 1220. The molecular weight excluding hydrogens is 418 g/mol. The van der Waals surface area contributed by atoms with Crippen LogP contribution in [0.3, 0.4) is 0 Å². The number of pyridine rings is 1. The van der Waals surface area contributed by atoms with E-state index in [4.69, 9.17) is 9.15 Å². The van der Waals surface area contributed by atoms with Gasteiger partial charge in [0.2, 0.25) is 11.8 Å². The van der Waals surface area contributed by atoms with Crippen molar-refractivity contribution in [3.63, 3.8) is 0 Å². The molecule has 3 aromatic heterocycles. The van der Waals surface area contributed by atoms with Gasteiger partial charge in [0, 0.05) is 68.6 Å². The maximum absolute atomic E-state index is 11.6. The first-order valence-electron chi connectivity index (χ1n) is 11.3. The number of hydrogen-bond acceptors (Lipinski definition) is 6. The average Bonchev–Trinajstić information content (AvgIpc) is 3.43. The van der Waals surface area contributed by atoms with E-state index in [1.165, 1.54) is 5.56 Å². The number of benzene rings is 1. The summed E-state index contributed by atoms with van der Waals surface area (Å²) in [5.74, 6) is 1.37. The Morgan fingerprint density at radius 3 is 2.88 bits per heavy atom. The minimum absolute atomic E-state index is 0.166. The molecule has 8 heteroatoms. The van der Waals surface area contributed by atoms with Gasteiger partial charge in [-0.3, -0.25) is 9.89 Å². The fourth-order valence-corrected chi connectivity index (χ4v) is 4.25. The number of H-pyrrole nitrogens is 1. The van der Waals surface area contributed by atoms with E-state index in [0.29, 0.717) is 11.6 Å². The van der Waals surface area contributed by atoms with Gasteiger partial charge in [-0.15, -0.1) is 0 Å². The molecule has 0 aliphatic carbocycles. The molecule has 0 saturated carbocycles. The highest BCUT2D eigenvalue weighted by Gasteiger charge is 2.17. The number of furan rings is 1. The highest BCUT2D eigenvalue weighted by molar-refractivity contribution is 5.82. The van der Waals surface area contributed by atoms with E-state index in [9.17, 15) is 4.79 Å². The largest absolute Gasteiger partial charge is 0.464 e. The lowest BCUT2D eigenvalue weighted by Crippen LogP contribution is -2.34. The van der Waals surface area contributed by atoms with E-state index in [-0.39, 0.29) is 5.91 Å². The lowest BCUT2D eigenvalue weighted by molar-refractivity contribution is -0.128. The number of carbonyl (C=O) groups is 1. The van der Waals surface area contributed by atoms with Gasteiger partial charge in [0.15, 0.2) is 0 Å². The van der Waals surface area contributed by atoms with Gasteiger partial charge in [-0.1, -0.05) is 0 Å². The molecule has 0 bridgehead atoms. The summed E-state index contributed by atoms with van der Waals surface area (Å²) in [4.78, 5) is 20.4. The van der Waals surface area contributed by atoms with Crippen LogP contribution in [0.1, 0.15) is 18.9 Å². The molecule has 1 N–H and O–H groups in total. The van der Waals surface area contributed by atoms with Crippen LogP contribution < -0.4 is 4.74 Å². The number of fused-ring (bicyclic) bond motifs is 1. The molecule has 4 aromatic rings. The van der Waals surface area contributed by atoms with Crippen molar-refractivity contribution in [2.75, 3.05) is 32.7 Å². The number of carbonyl (C=O) groups excluding carboxylic acids is 1. The van der Waals surface area contributed by atoms with E-state index in [0.717, 1.165) is 67.8 Å². The number of aromatic nitrogens is 3. The molecule has 0 radical (unpaired) electrons. The van der Waals surface area contributed by atoms with Gasteiger partial charge in [0.1, 0.15) is 11.3 Å². The number of aromatic amines is 1. The topological polar surface area (TPSA) is 87.5 Å². The number of amides is 1. The van der Waals surface area contributed by atoms with Crippen molar-refractivity contribution < 1.29 is 13.9 Å². The zero-order chi connectivity index (χ0) is 22.6. The van der Waals surface area contributed by atoms with Crippen LogP contribution in [0.4, 0.5) is 0 Å². The molecule has 1 saturated heterocycles. The highest BCUT2D eigenvalue weighted by Crippen LogP contribution is 2.29. The minimum Gasteiger partial charge on any atom is -0.464 e. The van der Waals surface area contributed by atoms with Crippen LogP contribution in [0.2, 0.25) is 0 Å². The van der Waals surface area contributed by atoms with Crippen LogP contribution in [-0.4, -0.2) is 63.6 Å². The molecule has 1 aliphatic rings. The monoisotopic (exact) mass is 445 g/mol. The molecule has 1 amide bonds. The van der Waals surface area contributed by atoms with Gasteiger partial charge in [-0.25, -0.2) is 4.98 Å². The van der Waals surface area contributed by atoms with Crippen molar-refractivity contribution in [2.24, 2.45) is 0 Å². The van der Waals surface area contributed by atoms with Gasteiger partial charge < -0.3 is 19.0 Å². The summed E-state index contributed by atoms with van der Waals surface area (Å²) in [6, 6.07) is 11.6. The molecule has 170 valence electrons. The van der Waals surface area contributed by atoms with Crippen LogP contribution in [-0.2, 0) is 11.2 Å². The van der Waals surface area contributed by atoms with E-state index in [1.807, 2.05) is 47.6 Å². The summed E-state index contributed by atoms with van der Waals surface area (Å²) in [7, 11) is 0. The first-order chi connectivity index (χ1) is 16.2. The Hall–Kier alpha value is -3.65. The fourth-order valence-electron chi connectivity index (χ4n) is 4.25. The van der Waals surface area contributed by atoms with Crippen LogP contribution in [0.5, 0.6) is 11.6 Å². The van der Waals surface area contributed by atoms with Crippen molar-refractivity contribution in [2.45, 2.75) is 19.8 Å². The molecule has 1 aliphatic heterocycles. The smallest absolute Gasteiger partial charge is 0.219 e. The van der Waals surface area contributed by atoms with Crippen molar-refractivity contribution in [1.82, 2.24) is 25.0 Å². The fraction of sp³-hybridized carbons (Fsp3) is 0.320. The second kappa shape index (κ2) is 9.46. The summed E-state index contributed by atoms with van der Waals surface area (Å²) < 4.78 is 11.8. The van der Waals surface area contributed by atoms with Gasteiger partial charge in [-0.2, -0.15) is 5.10 Å². The molecule has 33 heavy (non-hydrogen) atoms. The summed E-state index contributed by atoms with van der Waals surface area (Å²) in [5, 5.41) is 7.99. The normalized spacial score (nSPS) is 15.0. The Kier molecular flexibility index (Phi) is 6.08. The van der Waals surface area contributed by atoms with Crippen LogP contribution >= 0.6 is 0 Å². The Balaban J connectivity index is 1.21. The average molecular weight is 446 g/mol. The van der Waals surface area contributed by atoms with E-state index in [2.05, 4.69) is 20.1 Å². The molecule has 0 unspecified atom stereocenters. The third kappa shape index (κ3) is 4.90. The second-order valence-electron chi connectivity index (χ2n) is 8.33. The number of rotatable bonds is 6. The molecule has 1 aromatic carbocycles. The molecular formula is C25H27N5O3. The molecule has 4 heterocycles. The van der Waals surface area contributed by atoms with Gasteiger partial charge >= 0.3 is 0 Å². The number of nitrogens with zero attached hydrogens (tertiary/aromatic N) is 4. The Morgan fingerprint density at radius 1 is 1.15 bits per heavy atom. The highest BCUT2D eigenvalue weighted by atomic mass is 16.5. The minimum atomic E-state index is 0.166. The maximum Gasteiger partial charge on any atom is 0.219 e. The maximum atomic E-state index is 11.6. The SMILES string of the molecule is CC(=O)N1CCCN(CCc2coc3cc(Oc4ccc(-c5ccn[nH]5)cn4)ccc23)CC1. The van der Waals surface area contributed by atoms with Crippen LogP contribution in [0, 0.1) is 0 Å². The van der Waals surface area contributed by atoms with Crippen LogP contribution in [0.15, 0.2) is 59.5 Å². The van der Waals surface area contributed by atoms with Crippen LogP contribution in [0.25, 0.3) is 22.2 Å². The van der Waals surface area contributed by atoms with Gasteiger partial charge in [-0.05, 0) is 49.2 Å². The quantitative estimate of drug-likeness (QED) is 0.481. The van der Waals surface area contributed by atoms with E-state index >= 15 is 0 Å². The summed E-state index contributed by atoms with van der Waals surface area (Å²) >= 11 is 0. The molecule has 8 nitrogen and oxygen atoms in total. The lowest BCUT2D eigenvalue weighted by atomic mass is 10.1. The summed E-state index contributed by atoms with van der Waals surface area (Å²) in [6.07, 6.45) is 7.23. The van der Waals surface area contributed by atoms with E-state index < -0.39 is 0 Å². The molecule has 0 spiro atoms. The third-order valence-electron chi connectivity index (χ3n) is 6.13. The number of ether oxygens (including phenoxy) is 1. The third-order valence-corrected chi connectivity index (χ3v) is 6.13. The first kappa shape index (κ1) is 21.2. The summed E-state index contributed by atoms with van der Waals surface area (Å²) in [5.41, 5.74) is 3.85. The lowest BCUT2D eigenvalue weighted by Gasteiger charge is -2.20. The second-order valence-corrected chi connectivity index (χ2v) is 8.33. The molecule has 5 rings (SSSR count). The Morgan fingerprint density at radius 2 is 2.09 bits per heavy atom. The van der Waals surface area contributed by atoms with Gasteiger partial charge in [0.25, 0.3) is 0 Å². The zero-order valence-corrected chi connectivity index (χ0v) is 18.7. The standard InChI is InChI=1S/C25H27N5O3/c1-18(31)30-11-2-10-29(13-14-30)12-8-20-17-32-24-15-21(4-5-22(20)24)33-25-6-3-19(16-26-25)23-7-9-27-28-23/h3-7,9,15-17H,2,8,10-14H2,1H3,(H,27,28). The van der Waals surface area contributed by atoms with Crippen molar-refractivity contribution >= 4 is 16.9 Å². The Labute approximate surface area is 192 Å². The van der Waals surface area contributed by atoms with Crippen molar-refractivity contribution in [3.8, 4) is 22.9 Å². The first-order valence-corrected chi connectivity index (χ1v) is 11.3. The number of hydrogen-bond donors (Lipinski definition) is 1. The zero-order valence-electron chi connectivity index (χ0n) is 18.7. The molecule has 0 atom stereocenters. The van der Waals surface area contributed by atoms with Gasteiger partial charge in [0.05, 0.1) is 12.0 Å². The van der Waals surface area contributed by atoms with E-state index in [1.54, 1.807) is 19.3 Å². The van der Waals surface area contributed by atoms with Crippen molar-refractivity contribution in [3.05, 3.63) is 60.6 Å². The molecule has 1 fully saturated rings. The predicted molar refractivity (Wildman–Crippen MR) is 125 cm³/mol. The predicted octanol–water partition coefficient (Wildman–Crippen LogP) is 4.11. The summed E-state index contributed by atoms with van der Waals surface area (Å²) in [6.45, 7) is 6.19. The number of nitrogens with one attached hydrogen (secondary N) is 1. The van der Waals surface area contributed by atoms with Crippen molar-refractivity contribution in [1.29, 1.82) is 0 Å².